The Kier molecular flexibility index (Phi) is 6.52. The van der Waals surface area contributed by atoms with Crippen molar-refractivity contribution < 1.29 is 28.2 Å². The summed E-state index contributed by atoms with van der Waals surface area (Å²) in [5.74, 6) is 0.351. The van der Waals surface area contributed by atoms with Gasteiger partial charge < -0.3 is 9.26 Å². The summed E-state index contributed by atoms with van der Waals surface area (Å²) >= 11 is 0. The van der Waals surface area contributed by atoms with Gasteiger partial charge in [-0.2, -0.15) is 0 Å². The average molecular weight is 379 g/mol. The molecular formula is C17H18NO7P. The van der Waals surface area contributed by atoms with Crippen LogP contribution in [0.15, 0.2) is 42.5 Å². The van der Waals surface area contributed by atoms with Crippen LogP contribution in [0.4, 0.5) is 5.69 Å². The normalized spacial score (nSPS) is 13.3. The van der Waals surface area contributed by atoms with Crippen molar-refractivity contribution in [3.63, 3.8) is 0 Å². The predicted molar refractivity (Wildman–Crippen MR) is 97.1 cm³/mol. The van der Waals surface area contributed by atoms with E-state index in [9.17, 15) is 19.6 Å². The van der Waals surface area contributed by atoms with E-state index in [1.165, 1.54) is 25.3 Å². The molecule has 0 fully saturated rings. The summed E-state index contributed by atoms with van der Waals surface area (Å²) in [7, 11) is -2.79. The van der Waals surface area contributed by atoms with Crippen LogP contribution in [-0.4, -0.2) is 23.5 Å². The van der Waals surface area contributed by atoms with Gasteiger partial charge in [-0.15, -0.1) is 0 Å². The van der Waals surface area contributed by atoms with E-state index in [1.54, 1.807) is 43.3 Å². The Morgan fingerprint density at radius 2 is 1.73 bits per heavy atom. The van der Waals surface area contributed by atoms with Crippen molar-refractivity contribution in [1.82, 2.24) is 0 Å². The van der Waals surface area contributed by atoms with Gasteiger partial charge in [0.25, 0.3) is 5.69 Å². The van der Waals surface area contributed by atoms with Crippen LogP contribution in [0.5, 0.6) is 11.5 Å². The third-order valence-electron chi connectivity index (χ3n) is 3.27. The summed E-state index contributed by atoms with van der Waals surface area (Å²) < 4.78 is 26.6. The molecule has 0 radical (unpaired) electrons. The highest BCUT2D eigenvalue weighted by Gasteiger charge is 2.23. The van der Waals surface area contributed by atoms with Gasteiger partial charge >= 0.3 is 7.82 Å². The number of nitro groups is 1. The quantitative estimate of drug-likeness (QED) is 0.315. The number of benzene rings is 2. The minimum Gasteiger partial charge on any atom is -0.493 e. The van der Waals surface area contributed by atoms with E-state index in [-0.39, 0.29) is 23.8 Å². The third-order valence-corrected chi connectivity index (χ3v) is 4.28. The number of nitrogens with zero attached hydrogens (tertiary/aromatic N) is 1. The van der Waals surface area contributed by atoms with Crippen LogP contribution in [0.2, 0.25) is 0 Å². The Hall–Kier alpha value is -2.67. The van der Waals surface area contributed by atoms with Gasteiger partial charge in [0.2, 0.25) is 0 Å². The molecule has 1 unspecified atom stereocenters. The first-order valence-corrected chi connectivity index (χ1v) is 9.11. The molecule has 0 spiro atoms. The lowest BCUT2D eigenvalue weighted by Crippen LogP contribution is -1.98. The molecule has 1 N–H and O–H groups in total. The van der Waals surface area contributed by atoms with Gasteiger partial charge in [0, 0.05) is 12.1 Å². The zero-order chi connectivity index (χ0) is 19.2. The second kappa shape index (κ2) is 8.62. The van der Waals surface area contributed by atoms with Gasteiger partial charge in [-0.25, -0.2) is 4.57 Å². The number of hydrogen-bond acceptors (Lipinski definition) is 6. The predicted octanol–water partition coefficient (Wildman–Crippen LogP) is 4.29. The lowest BCUT2D eigenvalue weighted by atomic mass is 10.1. The van der Waals surface area contributed by atoms with E-state index in [0.717, 1.165) is 11.1 Å². The summed E-state index contributed by atoms with van der Waals surface area (Å²) in [5.41, 5.74) is 1.55. The Bertz CT molecular complexity index is 849. The first-order valence-electron chi connectivity index (χ1n) is 7.62. The van der Waals surface area contributed by atoms with Crippen molar-refractivity contribution in [3.8, 4) is 11.5 Å². The lowest BCUT2D eigenvalue weighted by molar-refractivity contribution is -0.384. The van der Waals surface area contributed by atoms with Crippen molar-refractivity contribution in [3.05, 3.63) is 63.7 Å². The molecule has 2 rings (SSSR count). The molecular weight excluding hydrogens is 361 g/mol. The summed E-state index contributed by atoms with van der Waals surface area (Å²) in [6, 6.07) is 10.9. The molecule has 9 heteroatoms. The van der Waals surface area contributed by atoms with Crippen LogP contribution in [0.25, 0.3) is 12.2 Å². The lowest BCUT2D eigenvalue weighted by Gasteiger charge is -2.14. The number of phosphoric acid groups is 1. The molecule has 26 heavy (non-hydrogen) atoms. The molecule has 138 valence electrons. The third kappa shape index (κ3) is 5.42. The highest BCUT2D eigenvalue weighted by molar-refractivity contribution is 7.47. The molecule has 0 bridgehead atoms. The first kappa shape index (κ1) is 19.7. The maximum atomic E-state index is 11.7. The Labute approximate surface area is 150 Å². The largest absolute Gasteiger partial charge is 0.527 e. The van der Waals surface area contributed by atoms with Crippen molar-refractivity contribution in [2.75, 3.05) is 13.7 Å². The standard InChI is InChI=1S/C17H18NO7P/c1-3-24-26(21,22)25-16-11-8-14(12-17(16)23-2)5-4-13-6-9-15(10-7-13)18(19)20/h4-12H,3H2,1-2H3,(H,21,22). The number of methoxy groups -OCH3 is 1. The molecule has 0 amide bonds. The maximum absolute atomic E-state index is 11.7. The van der Waals surface area contributed by atoms with E-state index in [4.69, 9.17) is 9.26 Å². The number of hydrogen-bond donors (Lipinski definition) is 1. The van der Waals surface area contributed by atoms with E-state index in [0.29, 0.717) is 0 Å². The second-order valence-corrected chi connectivity index (χ2v) is 6.45. The van der Waals surface area contributed by atoms with Crippen LogP contribution in [0.3, 0.4) is 0 Å². The molecule has 0 saturated carbocycles. The molecule has 0 aliphatic carbocycles. The zero-order valence-electron chi connectivity index (χ0n) is 14.2. The molecule has 8 nitrogen and oxygen atoms in total. The molecule has 0 heterocycles. The number of rotatable bonds is 8. The van der Waals surface area contributed by atoms with Crippen LogP contribution in [0, 0.1) is 10.1 Å². The van der Waals surface area contributed by atoms with Gasteiger partial charge in [-0.05, 0) is 42.3 Å². The number of phosphoric ester groups is 1. The molecule has 0 aliphatic heterocycles. The van der Waals surface area contributed by atoms with Crippen LogP contribution < -0.4 is 9.26 Å². The summed E-state index contributed by atoms with van der Waals surface area (Å²) in [4.78, 5) is 19.8. The fourth-order valence-electron chi connectivity index (χ4n) is 2.08. The van der Waals surface area contributed by atoms with Crippen molar-refractivity contribution in [2.24, 2.45) is 0 Å². The monoisotopic (exact) mass is 379 g/mol. The number of nitro benzene ring substituents is 1. The highest BCUT2D eigenvalue weighted by atomic mass is 31.2. The molecule has 2 aromatic carbocycles. The molecule has 0 saturated heterocycles. The van der Waals surface area contributed by atoms with E-state index in [1.807, 2.05) is 0 Å². The van der Waals surface area contributed by atoms with Gasteiger partial charge in [0.15, 0.2) is 11.5 Å². The fraction of sp³-hybridized carbons (Fsp3) is 0.176. The summed E-state index contributed by atoms with van der Waals surface area (Å²) in [6.45, 7) is 1.61. The van der Waals surface area contributed by atoms with Crippen molar-refractivity contribution in [1.29, 1.82) is 0 Å². The maximum Gasteiger partial charge on any atom is 0.527 e. The number of ether oxygens (including phenoxy) is 1. The Balaban J connectivity index is 2.18. The Morgan fingerprint density at radius 1 is 1.12 bits per heavy atom. The van der Waals surface area contributed by atoms with Gasteiger partial charge in [-0.3, -0.25) is 19.5 Å². The zero-order valence-corrected chi connectivity index (χ0v) is 15.1. The van der Waals surface area contributed by atoms with E-state index in [2.05, 4.69) is 4.52 Å². The Morgan fingerprint density at radius 3 is 2.31 bits per heavy atom. The summed E-state index contributed by atoms with van der Waals surface area (Å²) in [6.07, 6.45) is 3.55. The summed E-state index contributed by atoms with van der Waals surface area (Å²) in [5, 5.41) is 10.6. The molecule has 2 aromatic rings. The smallest absolute Gasteiger partial charge is 0.493 e. The number of non-ortho nitro benzene ring substituents is 1. The van der Waals surface area contributed by atoms with Gasteiger partial charge in [0.1, 0.15) is 0 Å². The van der Waals surface area contributed by atoms with Crippen LogP contribution >= 0.6 is 7.82 Å². The van der Waals surface area contributed by atoms with Crippen molar-refractivity contribution >= 4 is 25.7 Å². The topological polar surface area (TPSA) is 108 Å². The minimum atomic E-state index is -4.20. The second-order valence-electron chi connectivity index (χ2n) is 5.07. The van der Waals surface area contributed by atoms with Gasteiger partial charge in [-0.1, -0.05) is 18.2 Å². The van der Waals surface area contributed by atoms with E-state index < -0.39 is 12.7 Å². The van der Waals surface area contributed by atoms with Gasteiger partial charge in [0.05, 0.1) is 18.6 Å². The molecule has 1 atom stereocenters. The fourth-order valence-corrected chi connectivity index (χ4v) is 2.86. The first-order chi connectivity index (χ1) is 12.3. The minimum absolute atomic E-state index is 0.0213. The van der Waals surface area contributed by atoms with Crippen molar-refractivity contribution in [2.45, 2.75) is 6.92 Å². The van der Waals surface area contributed by atoms with Crippen LogP contribution in [0.1, 0.15) is 18.1 Å². The van der Waals surface area contributed by atoms with Crippen LogP contribution in [-0.2, 0) is 9.09 Å². The van der Waals surface area contributed by atoms with E-state index >= 15 is 0 Å². The molecule has 0 aliphatic rings. The highest BCUT2D eigenvalue weighted by Crippen LogP contribution is 2.46. The SMILES string of the molecule is CCOP(=O)(O)Oc1ccc(C=Cc2ccc([N+](=O)[O-])cc2)cc1OC. The molecule has 0 aromatic heterocycles. The average Bonchev–Trinajstić information content (AvgIpc) is 2.60.